The SMILES string of the molecule is [2H][13C]([2H])([2H])Oc1c(OC)cc(C(=O)O[C@@H]2C[C@@H]3CN4CCc5c([nH]c6cc(OC)ccc56)[C@H]4C[C@@H]3[C@H](C(=O)OC)[C@H]2OC)cc1OC. The molecule has 1 N–H and O–H groups in total. The fraction of sp³-hybridized carbons (Fsp3) is 0.515. The highest BCUT2D eigenvalue weighted by molar-refractivity contribution is 5.91. The van der Waals surface area contributed by atoms with E-state index in [-0.39, 0.29) is 40.7 Å². The Morgan fingerprint density at radius 3 is 2.41 bits per heavy atom. The molecule has 1 aliphatic carbocycles. The number of H-pyrrole nitrogens is 1. The van der Waals surface area contributed by atoms with Crippen molar-refractivity contribution in [3.05, 3.63) is 47.2 Å². The van der Waals surface area contributed by atoms with E-state index in [0.29, 0.717) is 19.4 Å². The van der Waals surface area contributed by atoms with E-state index in [1.807, 2.05) is 12.1 Å². The predicted molar refractivity (Wildman–Crippen MR) is 161 cm³/mol. The molecule has 11 heteroatoms. The van der Waals surface area contributed by atoms with E-state index >= 15 is 0 Å². The molecular weight excluding hydrogens is 569 g/mol. The Bertz CT molecular complexity index is 1630. The molecule has 0 amide bonds. The van der Waals surface area contributed by atoms with Gasteiger partial charge in [-0.05, 0) is 60.9 Å². The lowest BCUT2D eigenvalue weighted by atomic mass is 9.63. The van der Waals surface area contributed by atoms with Crippen LogP contribution < -0.4 is 18.9 Å². The third-order valence-corrected chi connectivity index (χ3v) is 9.66. The van der Waals surface area contributed by atoms with Crippen LogP contribution in [0.4, 0.5) is 0 Å². The van der Waals surface area contributed by atoms with Gasteiger partial charge in [-0.15, -0.1) is 0 Å². The zero-order chi connectivity index (χ0) is 33.6. The second-order valence-electron chi connectivity index (χ2n) is 11.6. The third-order valence-electron chi connectivity index (χ3n) is 9.66. The van der Waals surface area contributed by atoms with Crippen molar-refractivity contribution in [2.75, 3.05) is 55.7 Å². The highest BCUT2D eigenvalue weighted by Crippen LogP contribution is 2.51. The second kappa shape index (κ2) is 12.2. The first kappa shape index (κ1) is 26.4. The Balaban J connectivity index is 1.28. The smallest absolute Gasteiger partial charge is 0.338 e. The third kappa shape index (κ3) is 5.01. The van der Waals surface area contributed by atoms with Gasteiger partial charge in [0.25, 0.3) is 0 Å². The number of carbonyl (C=O) groups excluding carboxylic acids is 2. The Kier molecular flexibility index (Phi) is 7.33. The molecule has 0 spiro atoms. The molecule has 0 bridgehead atoms. The van der Waals surface area contributed by atoms with Gasteiger partial charge in [0.1, 0.15) is 18.0 Å². The van der Waals surface area contributed by atoms with Crippen LogP contribution in [0.2, 0.25) is 0 Å². The molecule has 1 aromatic heterocycles. The van der Waals surface area contributed by atoms with E-state index in [1.54, 1.807) is 7.11 Å². The first-order valence-corrected chi connectivity index (χ1v) is 14.7. The van der Waals surface area contributed by atoms with E-state index in [1.165, 1.54) is 51.5 Å². The summed E-state index contributed by atoms with van der Waals surface area (Å²) in [6.07, 6.45) is 0.570. The molecule has 2 aromatic carbocycles. The molecule has 2 fully saturated rings. The van der Waals surface area contributed by atoms with Gasteiger partial charge in [-0.3, -0.25) is 9.69 Å². The van der Waals surface area contributed by atoms with Crippen molar-refractivity contribution in [2.24, 2.45) is 17.8 Å². The monoisotopic (exact) mass is 612 g/mol. The van der Waals surface area contributed by atoms with Gasteiger partial charge < -0.3 is 38.1 Å². The molecular formula is C33H40N2O9. The normalized spacial score (nSPS) is 27.4. The molecule has 44 heavy (non-hydrogen) atoms. The van der Waals surface area contributed by atoms with Crippen molar-refractivity contribution in [1.29, 1.82) is 0 Å². The first-order valence-electron chi connectivity index (χ1n) is 16.2. The van der Waals surface area contributed by atoms with E-state index < -0.39 is 37.1 Å². The first-order chi connectivity index (χ1) is 22.5. The Labute approximate surface area is 260 Å². The molecule has 1 saturated heterocycles. The van der Waals surface area contributed by atoms with Crippen molar-refractivity contribution in [1.82, 2.24) is 9.88 Å². The summed E-state index contributed by atoms with van der Waals surface area (Å²) >= 11 is 0. The van der Waals surface area contributed by atoms with E-state index in [2.05, 4.69) is 16.0 Å². The molecule has 0 radical (unpaired) electrons. The second-order valence-corrected chi connectivity index (χ2v) is 11.6. The Morgan fingerprint density at radius 1 is 0.977 bits per heavy atom. The maximum Gasteiger partial charge on any atom is 0.338 e. The van der Waals surface area contributed by atoms with Gasteiger partial charge >= 0.3 is 11.9 Å². The zero-order valence-corrected chi connectivity index (χ0v) is 25.5. The molecule has 3 aromatic rings. The summed E-state index contributed by atoms with van der Waals surface area (Å²) in [6.45, 7) is 1.58. The minimum atomic E-state index is -2.77. The van der Waals surface area contributed by atoms with Crippen LogP contribution in [0.5, 0.6) is 23.0 Å². The number of benzene rings is 2. The number of fused-ring (bicyclic) bond motifs is 6. The molecule has 3 heterocycles. The number of hydrogen-bond acceptors (Lipinski definition) is 10. The highest BCUT2D eigenvalue weighted by Gasteiger charge is 2.54. The molecule has 1 saturated carbocycles. The topological polar surface area (TPSA) is 118 Å². The summed E-state index contributed by atoms with van der Waals surface area (Å²) in [5, 5.41) is 1.18. The van der Waals surface area contributed by atoms with E-state index in [0.717, 1.165) is 29.9 Å². The lowest BCUT2D eigenvalue weighted by Gasteiger charge is -2.52. The summed E-state index contributed by atoms with van der Waals surface area (Å²) in [5.41, 5.74) is 3.55. The predicted octanol–water partition coefficient (Wildman–Crippen LogP) is 4.17. The lowest BCUT2D eigenvalue weighted by molar-refractivity contribution is -0.176. The van der Waals surface area contributed by atoms with Crippen LogP contribution in [-0.2, 0) is 25.4 Å². The minimum absolute atomic E-state index is 0.00919. The van der Waals surface area contributed by atoms with Gasteiger partial charge in [-0.2, -0.15) is 0 Å². The van der Waals surface area contributed by atoms with Crippen molar-refractivity contribution < 1.29 is 46.9 Å². The molecule has 0 unspecified atom stereocenters. The number of nitrogens with one attached hydrogen (secondary N) is 1. The van der Waals surface area contributed by atoms with Gasteiger partial charge in [0.2, 0.25) is 5.75 Å². The van der Waals surface area contributed by atoms with Gasteiger partial charge in [-0.1, -0.05) is 0 Å². The van der Waals surface area contributed by atoms with Crippen molar-refractivity contribution >= 4 is 22.8 Å². The number of aromatic nitrogens is 1. The van der Waals surface area contributed by atoms with Gasteiger partial charge in [-0.25, -0.2) is 4.79 Å². The summed E-state index contributed by atoms with van der Waals surface area (Å²) in [7, 11) is 4.40. The average Bonchev–Trinajstić information content (AvgIpc) is 3.44. The van der Waals surface area contributed by atoms with Crippen molar-refractivity contribution in [3.63, 3.8) is 0 Å². The number of carbonyl (C=O) groups is 2. The number of esters is 2. The summed E-state index contributed by atoms with van der Waals surface area (Å²) < 4.78 is 61.0. The molecule has 11 nitrogen and oxygen atoms in total. The quantitative estimate of drug-likeness (QED) is 0.293. The number of rotatable bonds is 8. The number of hydrogen-bond donors (Lipinski definition) is 1. The number of aromatic amines is 1. The van der Waals surface area contributed by atoms with Crippen LogP contribution in [0, 0.1) is 17.8 Å². The summed E-state index contributed by atoms with van der Waals surface area (Å²) in [4.78, 5) is 33.2. The lowest BCUT2D eigenvalue weighted by Crippen LogP contribution is -2.58. The van der Waals surface area contributed by atoms with Crippen LogP contribution in [0.15, 0.2) is 30.3 Å². The molecule has 2 aliphatic heterocycles. The highest BCUT2D eigenvalue weighted by atomic mass is 16.6. The van der Waals surface area contributed by atoms with Crippen LogP contribution >= 0.6 is 0 Å². The maximum absolute atomic E-state index is 13.6. The van der Waals surface area contributed by atoms with Crippen molar-refractivity contribution in [3.8, 4) is 23.0 Å². The van der Waals surface area contributed by atoms with E-state index in [9.17, 15) is 9.59 Å². The minimum Gasteiger partial charge on any atom is -0.497 e. The van der Waals surface area contributed by atoms with Gasteiger partial charge in [0.15, 0.2) is 11.5 Å². The zero-order valence-electron chi connectivity index (χ0n) is 28.5. The fourth-order valence-corrected chi connectivity index (χ4v) is 7.66. The Morgan fingerprint density at radius 2 is 1.75 bits per heavy atom. The largest absolute Gasteiger partial charge is 0.497 e. The van der Waals surface area contributed by atoms with Gasteiger partial charge in [0.05, 0.1) is 57.1 Å². The number of methoxy groups -OCH3 is 6. The summed E-state index contributed by atoms with van der Waals surface area (Å²) in [5.74, 6) is -1.23. The average molecular weight is 613 g/mol. The fourth-order valence-electron chi connectivity index (χ4n) is 7.66. The van der Waals surface area contributed by atoms with Crippen molar-refractivity contribution in [2.45, 2.75) is 37.5 Å². The standard InChI is InChI=1S/C33H40N2O9/c1-38-19-7-8-20-21-9-10-35-16-18-13-27(44-32(36)17-11-25(39-2)30(41-4)26(12-17)40-3)31(42-5)28(33(37)43-6)22(18)15-24(35)29(21)34-23(20)14-19/h7-8,11-12,14,18,22,24,27-28,31,34H,9-10,13,15-16H2,1-6H3/t18-,22+,24-,27-,28+,31+/m1/s1/i4+1D3. The number of ether oxygens (including phenoxy) is 7. The van der Waals surface area contributed by atoms with Crippen LogP contribution in [0.3, 0.4) is 0 Å². The molecule has 6 rings (SSSR count). The van der Waals surface area contributed by atoms with E-state index in [4.69, 9.17) is 37.3 Å². The molecule has 236 valence electrons. The molecule has 6 atom stereocenters. The van der Waals surface area contributed by atoms with Gasteiger partial charge in [0, 0.05) is 42.9 Å². The Hall–Kier alpha value is -3.96. The number of nitrogens with zero attached hydrogens (tertiary/aromatic N) is 1. The molecule has 3 aliphatic rings. The van der Waals surface area contributed by atoms with Crippen LogP contribution in [0.1, 0.15) is 44.6 Å². The number of piperidine rings is 1. The van der Waals surface area contributed by atoms with Crippen LogP contribution in [0.25, 0.3) is 10.9 Å². The van der Waals surface area contributed by atoms with Crippen LogP contribution in [-0.4, -0.2) is 89.7 Å². The maximum atomic E-state index is 13.6. The summed E-state index contributed by atoms with van der Waals surface area (Å²) in [6, 6.07) is 8.84.